The lowest BCUT2D eigenvalue weighted by Crippen LogP contribution is -2.38. The maximum Gasteiger partial charge on any atom is 0.127 e. The van der Waals surface area contributed by atoms with Crippen molar-refractivity contribution in [3.63, 3.8) is 0 Å². The molecule has 0 aromatic carbocycles. The molecule has 0 aromatic heterocycles. The second-order valence-corrected chi connectivity index (χ2v) is 7.06. The lowest BCUT2D eigenvalue weighted by molar-refractivity contribution is -0.118. The smallest absolute Gasteiger partial charge is 0.127 e. The van der Waals surface area contributed by atoms with Crippen LogP contribution in [0.25, 0.3) is 0 Å². The summed E-state index contributed by atoms with van der Waals surface area (Å²) in [5.74, 6) is 0. The van der Waals surface area contributed by atoms with Crippen molar-refractivity contribution < 1.29 is 4.79 Å². The summed E-state index contributed by atoms with van der Waals surface area (Å²) in [6.45, 7) is 8.10. The summed E-state index contributed by atoms with van der Waals surface area (Å²) >= 11 is 0. The molecule has 1 saturated heterocycles. The van der Waals surface area contributed by atoms with Gasteiger partial charge in [0.1, 0.15) is 6.29 Å². The van der Waals surface area contributed by atoms with E-state index in [4.69, 9.17) is 0 Å². The Kier molecular flexibility index (Phi) is 5.05. The van der Waals surface area contributed by atoms with E-state index in [-0.39, 0.29) is 5.41 Å². The minimum Gasteiger partial charge on any atom is -0.303 e. The molecular formula is C17H31NO. The summed E-state index contributed by atoms with van der Waals surface area (Å²) in [6, 6.07) is 0. The molecule has 110 valence electrons. The van der Waals surface area contributed by atoms with Gasteiger partial charge in [0.2, 0.25) is 0 Å². The summed E-state index contributed by atoms with van der Waals surface area (Å²) in [5, 5.41) is 0. The Morgan fingerprint density at radius 3 is 2.11 bits per heavy atom. The molecule has 2 aliphatic rings. The minimum absolute atomic E-state index is 0.0198. The molecule has 1 aliphatic heterocycles. The Labute approximate surface area is 118 Å². The van der Waals surface area contributed by atoms with E-state index in [1.165, 1.54) is 64.3 Å². The molecule has 0 unspecified atom stereocenters. The average Bonchev–Trinajstić information content (AvgIpc) is 2.71. The van der Waals surface area contributed by atoms with Gasteiger partial charge < -0.3 is 9.69 Å². The van der Waals surface area contributed by atoms with Crippen LogP contribution in [0.5, 0.6) is 0 Å². The van der Waals surface area contributed by atoms with E-state index in [9.17, 15) is 4.79 Å². The molecule has 0 amide bonds. The van der Waals surface area contributed by atoms with Crippen LogP contribution < -0.4 is 0 Å². The van der Waals surface area contributed by atoms with Crippen LogP contribution >= 0.6 is 0 Å². The van der Waals surface area contributed by atoms with Gasteiger partial charge in [0.25, 0.3) is 0 Å². The number of hydrogen-bond acceptors (Lipinski definition) is 2. The molecule has 2 rings (SSSR count). The largest absolute Gasteiger partial charge is 0.303 e. The number of hydrogen-bond donors (Lipinski definition) is 0. The predicted octanol–water partition coefficient (Wildman–Crippen LogP) is 4.04. The number of nitrogens with zero attached hydrogens (tertiary/aromatic N) is 1. The average molecular weight is 265 g/mol. The molecule has 2 nitrogen and oxygen atoms in total. The van der Waals surface area contributed by atoms with Crippen molar-refractivity contribution in [3.8, 4) is 0 Å². The second-order valence-electron chi connectivity index (χ2n) is 7.06. The first-order valence-electron chi connectivity index (χ1n) is 8.36. The molecule has 0 aromatic rings. The van der Waals surface area contributed by atoms with Gasteiger partial charge in [0.15, 0.2) is 0 Å². The number of carbonyl (C=O) groups is 1. The number of carbonyl (C=O) groups excluding carboxylic acids is 1. The van der Waals surface area contributed by atoms with Gasteiger partial charge in [-0.2, -0.15) is 0 Å². The highest BCUT2D eigenvalue weighted by Crippen LogP contribution is 2.40. The molecule has 2 heteroatoms. The molecule has 0 spiro atoms. The fourth-order valence-corrected chi connectivity index (χ4v) is 4.18. The van der Waals surface area contributed by atoms with Crippen LogP contribution in [0.2, 0.25) is 0 Å². The van der Waals surface area contributed by atoms with Crippen molar-refractivity contribution in [1.29, 1.82) is 0 Å². The van der Waals surface area contributed by atoms with Gasteiger partial charge in [-0.1, -0.05) is 39.5 Å². The summed E-state index contributed by atoms with van der Waals surface area (Å²) < 4.78 is 0. The van der Waals surface area contributed by atoms with E-state index in [2.05, 4.69) is 18.7 Å². The number of rotatable bonds is 5. The molecule has 1 saturated carbocycles. The van der Waals surface area contributed by atoms with E-state index in [0.29, 0.717) is 5.41 Å². The van der Waals surface area contributed by atoms with Crippen molar-refractivity contribution in [2.75, 3.05) is 19.6 Å². The van der Waals surface area contributed by atoms with Crippen LogP contribution in [-0.2, 0) is 4.79 Å². The second kappa shape index (κ2) is 6.39. The SMILES string of the molecule is CCC1(CC)CCN(CC2(C=O)CCCCCC2)C1. The number of aldehydes is 1. The summed E-state index contributed by atoms with van der Waals surface area (Å²) in [7, 11) is 0. The molecule has 1 heterocycles. The maximum absolute atomic E-state index is 11.7. The van der Waals surface area contributed by atoms with E-state index >= 15 is 0 Å². The first-order valence-corrected chi connectivity index (χ1v) is 8.36. The fourth-order valence-electron chi connectivity index (χ4n) is 4.18. The van der Waals surface area contributed by atoms with E-state index in [1.807, 2.05) is 0 Å². The maximum atomic E-state index is 11.7. The Hall–Kier alpha value is -0.370. The van der Waals surface area contributed by atoms with E-state index < -0.39 is 0 Å². The minimum atomic E-state index is -0.0198. The normalized spacial score (nSPS) is 27.1. The molecule has 0 N–H and O–H groups in total. The van der Waals surface area contributed by atoms with Gasteiger partial charge in [-0.05, 0) is 44.1 Å². The Balaban J connectivity index is 1.97. The molecule has 0 atom stereocenters. The van der Waals surface area contributed by atoms with Gasteiger partial charge >= 0.3 is 0 Å². The molecule has 2 fully saturated rings. The summed E-state index contributed by atoms with van der Waals surface area (Å²) in [6.07, 6.45) is 12.6. The third-order valence-electron chi connectivity index (χ3n) is 5.91. The quantitative estimate of drug-likeness (QED) is 0.552. The van der Waals surface area contributed by atoms with Crippen LogP contribution in [0.15, 0.2) is 0 Å². The topological polar surface area (TPSA) is 20.3 Å². The van der Waals surface area contributed by atoms with Gasteiger partial charge in [-0.15, -0.1) is 0 Å². The van der Waals surface area contributed by atoms with Crippen molar-refractivity contribution in [1.82, 2.24) is 4.90 Å². The van der Waals surface area contributed by atoms with Crippen LogP contribution in [0.3, 0.4) is 0 Å². The highest BCUT2D eigenvalue weighted by Gasteiger charge is 2.39. The molecule has 19 heavy (non-hydrogen) atoms. The highest BCUT2D eigenvalue weighted by molar-refractivity contribution is 5.59. The monoisotopic (exact) mass is 265 g/mol. The predicted molar refractivity (Wildman–Crippen MR) is 80.3 cm³/mol. The van der Waals surface area contributed by atoms with Crippen LogP contribution in [0.4, 0.5) is 0 Å². The van der Waals surface area contributed by atoms with Gasteiger partial charge in [0, 0.05) is 18.5 Å². The van der Waals surface area contributed by atoms with Crippen LogP contribution in [0.1, 0.15) is 71.6 Å². The lowest BCUT2D eigenvalue weighted by atomic mass is 9.80. The molecule has 1 aliphatic carbocycles. The zero-order valence-corrected chi connectivity index (χ0v) is 12.9. The molecule has 0 radical (unpaired) electrons. The van der Waals surface area contributed by atoms with Crippen LogP contribution in [0, 0.1) is 10.8 Å². The number of likely N-dealkylation sites (tertiary alicyclic amines) is 1. The van der Waals surface area contributed by atoms with Crippen molar-refractivity contribution >= 4 is 6.29 Å². The van der Waals surface area contributed by atoms with Gasteiger partial charge in [-0.25, -0.2) is 0 Å². The van der Waals surface area contributed by atoms with Crippen molar-refractivity contribution in [2.45, 2.75) is 71.6 Å². The first-order chi connectivity index (χ1) is 9.17. The summed E-state index contributed by atoms with van der Waals surface area (Å²) in [5.41, 5.74) is 0.517. The standard InChI is InChI=1S/C17H31NO/c1-3-16(4-2)11-12-18(13-16)14-17(15-19)9-7-5-6-8-10-17/h15H,3-14H2,1-2H3. The zero-order chi connectivity index (χ0) is 13.8. The third kappa shape index (κ3) is 3.39. The van der Waals surface area contributed by atoms with Crippen molar-refractivity contribution in [2.24, 2.45) is 10.8 Å². The Morgan fingerprint density at radius 1 is 1.00 bits per heavy atom. The van der Waals surface area contributed by atoms with E-state index in [1.54, 1.807) is 0 Å². The Morgan fingerprint density at radius 2 is 1.63 bits per heavy atom. The lowest BCUT2D eigenvalue weighted by Gasteiger charge is -2.33. The fraction of sp³-hybridized carbons (Fsp3) is 0.941. The van der Waals surface area contributed by atoms with Gasteiger partial charge in [-0.3, -0.25) is 0 Å². The van der Waals surface area contributed by atoms with Crippen molar-refractivity contribution in [3.05, 3.63) is 0 Å². The third-order valence-corrected chi connectivity index (χ3v) is 5.91. The van der Waals surface area contributed by atoms with Gasteiger partial charge in [0.05, 0.1) is 0 Å². The molecular weight excluding hydrogens is 234 g/mol. The summed E-state index contributed by atoms with van der Waals surface area (Å²) in [4.78, 5) is 14.3. The molecule has 0 bridgehead atoms. The van der Waals surface area contributed by atoms with Crippen LogP contribution in [-0.4, -0.2) is 30.8 Å². The highest BCUT2D eigenvalue weighted by atomic mass is 16.1. The first kappa shape index (κ1) is 15.0. The Bertz CT molecular complexity index is 288. The van der Waals surface area contributed by atoms with E-state index in [0.717, 1.165) is 19.4 Å². The zero-order valence-electron chi connectivity index (χ0n) is 12.9.